The minimum atomic E-state index is 0.135. The summed E-state index contributed by atoms with van der Waals surface area (Å²) in [5.41, 5.74) is 0. The van der Waals surface area contributed by atoms with Gasteiger partial charge < -0.3 is 20.1 Å². The molecule has 1 fully saturated rings. The van der Waals surface area contributed by atoms with Crippen LogP contribution < -0.4 is 10.2 Å². The molecule has 0 saturated heterocycles. The van der Waals surface area contributed by atoms with Crippen LogP contribution in [0.4, 0.5) is 11.6 Å². The number of nitrogens with one attached hydrogen (secondary N) is 1. The Balaban J connectivity index is 2.21. The number of ether oxygens (including phenoxy) is 1. The molecule has 1 aliphatic rings. The predicted molar refractivity (Wildman–Crippen MR) is 74.4 cm³/mol. The number of nitrogens with zero attached hydrogens (tertiary/aromatic N) is 3. The fourth-order valence-electron chi connectivity index (χ4n) is 1.99. The van der Waals surface area contributed by atoms with E-state index in [1.165, 1.54) is 12.8 Å². The van der Waals surface area contributed by atoms with Crippen molar-refractivity contribution in [3.63, 3.8) is 0 Å². The first-order chi connectivity index (χ1) is 9.28. The van der Waals surface area contributed by atoms with E-state index in [-0.39, 0.29) is 6.61 Å². The molecule has 1 saturated carbocycles. The Kier molecular flexibility index (Phi) is 4.93. The van der Waals surface area contributed by atoms with Crippen molar-refractivity contribution in [3.8, 4) is 0 Å². The molecule has 6 heteroatoms. The second-order valence-electron chi connectivity index (χ2n) is 4.56. The van der Waals surface area contributed by atoms with Crippen LogP contribution in [0.3, 0.4) is 0 Å². The van der Waals surface area contributed by atoms with Gasteiger partial charge in [0.15, 0.2) is 5.82 Å². The number of anilines is 2. The molecule has 0 aliphatic heterocycles. The Morgan fingerprint density at radius 2 is 2.26 bits per heavy atom. The second-order valence-corrected chi connectivity index (χ2v) is 4.56. The van der Waals surface area contributed by atoms with Crippen LogP contribution in [0.15, 0.2) is 6.07 Å². The van der Waals surface area contributed by atoms with Gasteiger partial charge in [-0.05, 0) is 19.8 Å². The third kappa shape index (κ3) is 3.78. The molecule has 0 radical (unpaired) electrons. The van der Waals surface area contributed by atoms with E-state index in [0.717, 1.165) is 11.6 Å². The average Bonchev–Trinajstić information content (AvgIpc) is 3.26. The van der Waals surface area contributed by atoms with Gasteiger partial charge in [0.2, 0.25) is 0 Å². The first kappa shape index (κ1) is 14.0. The van der Waals surface area contributed by atoms with Gasteiger partial charge in [0.1, 0.15) is 18.2 Å². The highest BCUT2D eigenvalue weighted by Gasteiger charge is 2.30. The molecule has 0 spiro atoms. The Morgan fingerprint density at radius 1 is 1.47 bits per heavy atom. The molecule has 0 amide bonds. The summed E-state index contributed by atoms with van der Waals surface area (Å²) in [6.45, 7) is 3.75. The van der Waals surface area contributed by atoms with Crippen LogP contribution in [0.1, 0.15) is 25.6 Å². The molecule has 0 unspecified atom stereocenters. The van der Waals surface area contributed by atoms with E-state index in [9.17, 15) is 5.11 Å². The van der Waals surface area contributed by atoms with Crippen molar-refractivity contribution in [2.75, 3.05) is 37.0 Å². The van der Waals surface area contributed by atoms with E-state index >= 15 is 0 Å². The highest BCUT2D eigenvalue weighted by atomic mass is 16.5. The average molecular weight is 266 g/mol. The normalized spacial score (nSPS) is 14.5. The number of aromatic nitrogens is 2. The van der Waals surface area contributed by atoms with Gasteiger partial charge in [-0.3, -0.25) is 0 Å². The van der Waals surface area contributed by atoms with Gasteiger partial charge in [0.05, 0.1) is 6.61 Å². The summed E-state index contributed by atoms with van der Waals surface area (Å²) in [5.74, 6) is 2.32. The molecular formula is C13H22N4O2. The van der Waals surface area contributed by atoms with E-state index in [0.29, 0.717) is 31.6 Å². The lowest BCUT2D eigenvalue weighted by Gasteiger charge is -2.23. The zero-order valence-electron chi connectivity index (χ0n) is 11.6. The molecule has 19 heavy (non-hydrogen) atoms. The van der Waals surface area contributed by atoms with E-state index in [1.54, 1.807) is 0 Å². The monoisotopic (exact) mass is 266 g/mol. The fourth-order valence-corrected chi connectivity index (χ4v) is 1.99. The van der Waals surface area contributed by atoms with Gasteiger partial charge in [-0.1, -0.05) is 0 Å². The molecule has 1 aromatic rings. The zero-order chi connectivity index (χ0) is 13.7. The van der Waals surface area contributed by atoms with Crippen LogP contribution in [0.25, 0.3) is 0 Å². The topological polar surface area (TPSA) is 70.5 Å². The Bertz CT molecular complexity index is 410. The number of rotatable bonds is 8. The minimum absolute atomic E-state index is 0.135. The number of hydrogen-bond donors (Lipinski definition) is 2. The van der Waals surface area contributed by atoms with Crippen molar-refractivity contribution in [1.82, 2.24) is 9.97 Å². The molecule has 0 aromatic carbocycles. The first-order valence-corrected chi connectivity index (χ1v) is 6.79. The number of hydrogen-bond acceptors (Lipinski definition) is 6. The molecule has 1 aromatic heterocycles. The SMILES string of the molecule is CCOCc1nc(NC)cc(N(CCO)C2CC2)n1. The third-order valence-corrected chi connectivity index (χ3v) is 3.07. The van der Waals surface area contributed by atoms with Gasteiger partial charge in [-0.2, -0.15) is 0 Å². The molecule has 1 heterocycles. The van der Waals surface area contributed by atoms with Gasteiger partial charge in [0, 0.05) is 32.3 Å². The predicted octanol–water partition coefficient (Wildman–Crippen LogP) is 1.02. The highest BCUT2D eigenvalue weighted by molar-refractivity contribution is 5.50. The number of aliphatic hydroxyl groups is 1. The Hall–Kier alpha value is -1.40. The van der Waals surface area contributed by atoms with E-state index < -0.39 is 0 Å². The maximum absolute atomic E-state index is 9.19. The summed E-state index contributed by atoms with van der Waals surface area (Å²) in [5, 5.41) is 12.2. The minimum Gasteiger partial charge on any atom is -0.395 e. The zero-order valence-corrected chi connectivity index (χ0v) is 11.6. The summed E-state index contributed by atoms with van der Waals surface area (Å²) in [6.07, 6.45) is 2.33. The summed E-state index contributed by atoms with van der Waals surface area (Å²) in [4.78, 5) is 11.1. The summed E-state index contributed by atoms with van der Waals surface area (Å²) < 4.78 is 5.37. The molecule has 0 bridgehead atoms. The van der Waals surface area contributed by atoms with Gasteiger partial charge in [-0.15, -0.1) is 0 Å². The molecular weight excluding hydrogens is 244 g/mol. The fraction of sp³-hybridized carbons (Fsp3) is 0.692. The van der Waals surface area contributed by atoms with Gasteiger partial charge >= 0.3 is 0 Å². The maximum Gasteiger partial charge on any atom is 0.158 e. The molecule has 0 atom stereocenters. The van der Waals surface area contributed by atoms with Crippen molar-refractivity contribution in [1.29, 1.82) is 0 Å². The maximum atomic E-state index is 9.19. The third-order valence-electron chi connectivity index (χ3n) is 3.07. The quantitative estimate of drug-likeness (QED) is 0.732. The van der Waals surface area contributed by atoms with Crippen LogP contribution in [0.2, 0.25) is 0 Å². The van der Waals surface area contributed by atoms with Crippen molar-refractivity contribution in [2.45, 2.75) is 32.4 Å². The Labute approximate surface area is 113 Å². The van der Waals surface area contributed by atoms with Crippen molar-refractivity contribution in [3.05, 3.63) is 11.9 Å². The van der Waals surface area contributed by atoms with Crippen LogP contribution in [-0.2, 0) is 11.3 Å². The van der Waals surface area contributed by atoms with E-state index in [1.807, 2.05) is 20.0 Å². The first-order valence-electron chi connectivity index (χ1n) is 6.79. The van der Waals surface area contributed by atoms with Crippen LogP contribution in [0.5, 0.6) is 0 Å². The summed E-state index contributed by atoms with van der Waals surface area (Å²) in [6, 6.07) is 2.43. The van der Waals surface area contributed by atoms with Crippen molar-refractivity contribution >= 4 is 11.6 Å². The van der Waals surface area contributed by atoms with Crippen LogP contribution in [0, 0.1) is 0 Å². The smallest absolute Gasteiger partial charge is 0.158 e. The van der Waals surface area contributed by atoms with Gasteiger partial charge in [-0.25, -0.2) is 9.97 Å². The van der Waals surface area contributed by atoms with Crippen molar-refractivity contribution in [2.24, 2.45) is 0 Å². The second kappa shape index (κ2) is 6.68. The molecule has 6 nitrogen and oxygen atoms in total. The molecule has 106 valence electrons. The molecule has 1 aliphatic carbocycles. The lowest BCUT2D eigenvalue weighted by molar-refractivity contribution is 0.128. The van der Waals surface area contributed by atoms with E-state index in [2.05, 4.69) is 20.2 Å². The summed E-state index contributed by atoms with van der Waals surface area (Å²) in [7, 11) is 1.84. The Morgan fingerprint density at radius 3 is 2.84 bits per heavy atom. The number of aliphatic hydroxyl groups excluding tert-OH is 1. The standard InChI is InChI=1S/C13H22N4O2/c1-3-19-9-12-15-11(14-2)8-13(16-12)17(6-7-18)10-4-5-10/h8,10,18H,3-7,9H2,1-2H3,(H,14,15,16). The van der Waals surface area contributed by atoms with E-state index in [4.69, 9.17) is 4.74 Å². The lowest BCUT2D eigenvalue weighted by Crippen LogP contribution is -2.30. The van der Waals surface area contributed by atoms with Crippen LogP contribution >= 0.6 is 0 Å². The highest BCUT2D eigenvalue weighted by Crippen LogP contribution is 2.31. The molecule has 2 rings (SSSR count). The largest absolute Gasteiger partial charge is 0.395 e. The van der Waals surface area contributed by atoms with Crippen LogP contribution in [-0.4, -0.2) is 47.9 Å². The molecule has 2 N–H and O–H groups in total. The van der Waals surface area contributed by atoms with Crippen molar-refractivity contribution < 1.29 is 9.84 Å². The van der Waals surface area contributed by atoms with Gasteiger partial charge in [0.25, 0.3) is 0 Å². The lowest BCUT2D eigenvalue weighted by atomic mass is 10.4. The summed E-state index contributed by atoms with van der Waals surface area (Å²) >= 11 is 0.